The van der Waals surface area contributed by atoms with E-state index in [2.05, 4.69) is 10.6 Å². The minimum atomic E-state index is -0.118. The molecule has 1 atom stereocenters. The number of halogens is 1. The lowest BCUT2D eigenvalue weighted by Gasteiger charge is -2.27. The number of carbonyl (C=O) groups is 1. The second kappa shape index (κ2) is 5.77. The lowest BCUT2D eigenvalue weighted by Crippen LogP contribution is -2.42. The highest BCUT2D eigenvalue weighted by Crippen LogP contribution is 2.25. The smallest absolute Gasteiger partial charge is 0.255 e. The minimum absolute atomic E-state index is 0.0343. The second-order valence-corrected chi connectivity index (χ2v) is 6.01. The summed E-state index contributed by atoms with van der Waals surface area (Å²) in [5, 5.41) is 6.99. The van der Waals surface area contributed by atoms with Crippen molar-refractivity contribution in [2.24, 2.45) is 0 Å². The van der Waals surface area contributed by atoms with Gasteiger partial charge in [0.2, 0.25) is 0 Å². The summed E-state index contributed by atoms with van der Waals surface area (Å²) in [4.78, 5) is 12.0. The fourth-order valence-electron chi connectivity index (χ4n) is 2.02. The summed E-state index contributed by atoms with van der Waals surface area (Å²) >= 11 is 7.50. The van der Waals surface area contributed by atoms with Gasteiger partial charge in [0.05, 0.1) is 5.56 Å². The van der Waals surface area contributed by atoms with E-state index in [9.17, 15) is 4.79 Å². The lowest BCUT2D eigenvalue weighted by molar-refractivity contribution is 0.0948. The van der Waals surface area contributed by atoms with Crippen LogP contribution in [0.2, 0.25) is 5.02 Å². The van der Waals surface area contributed by atoms with E-state index in [1.54, 1.807) is 11.8 Å². The molecule has 1 amide bonds. The Labute approximate surface area is 126 Å². The van der Waals surface area contributed by atoms with E-state index >= 15 is 0 Å². The van der Waals surface area contributed by atoms with Crippen LogP contribution in [0.1, 0.15) is 15.9 Å². The van der Waals surface area contributed by atoms with Gasteiger partial charge in [0.25, 0.3) is 5.91 Å². The van der Waals surface area contributed by atoms with Gasteiger partial charge in [0.15, 0.2) is 0 Å². The Morgan fingerprint density at radius 3 is 2.60 bits per heavy atom. The van der Waals surface area contributed by atoms with Crippen molar-refractivity contribution < 1.29 is 4.79 Å². The first kappa shape index (κ1) is 13.3. The van der Waals surface area contributed by atoms with Crippen LogP contribution >= 0.6 is 23.4 Å². The highest BCUT2D eigenvalue weighted by molar-refractivity contribution is 7.99. The number of thioether (sulfide) groups is 1. The Balaban J connectivity index is 1.65. The zero-order valence-corrected chi connectivity index (χ0v) is 12.2. The van der Waals surface area contributed by atoms with Crippen molar-refractivity contribution in [2.45, 2.75) is 11.3 Å². The average molecular weight is 305 g/mol. The van der Waals surface area contributed by atoms with Gasteiger partial charge in [-0.1, -0.05) is 35.9 Å². The van der Waals surface area contributed by atoms with Crippen molar-refractivity contribution in [3.8, 4) is 0 Å². The van der Waals surface area contributed by atoms with Gasteiger partial charge in [-0.15, -0.1) is 11.8 Å². The molecule has 1 aliphatic heterocycles. The molecule has 20 heavy (non-hydrogen) atoms. The van der Waals surface area contributed by atoms with Gasteiger partial charge in [-0.3, -0.25) is 4.79 Å². The van der Waals surface area contributed by atoms with E-state index in [4.69, 9.17) is 11.6 Å². The van der Waals surface area contributed by atoms with E-state index in [1.165, 1.54) is 5.56 Å². The van der Waals surface area contributed by atoms with Crippen LogP contribution in [0.4, 0.5) is 5.69 Å². The number of para-hydroxylation sites is 1. The molecule has 0 unspecified atom stereocenters. The predicted molar refractivity (Wildman–Crippen MR) is 84.1 cm³/mol. The fourth-order valence-corrected chi connectivity index (χ4v) is 3.10. The van der Waals surface area contributed by atoms with Crippen LogP contribution in [0.15, 0.2) is 48.5 Å². The maximum Gasteiger partial charge on any atom is 0.255 e. The Bertz CT molecular complexity index is 630. The third kappa shape index (κ3) is 2.92. The van der Waals surface area contributed by atoms with Gasteiger partial charge in [-0.2, -0.15) is 0 Å². The standard InChI is InChI=1S/C15H13ClN2OS/c16-11-7-5-10(6-8-11)9-20-15-17-13-4-2-1-3-12(13)14(19)18-15/h1-8,15,17H,9H2,(H,18,19)/t15-/m0/s1. The van der Waals surface area contributed by atoms with E-state index in [0.29, 0.717) is 5.56 Å². The second-order valence-electron chi connectivity index (χ2n) is 4.48. The summed E-state index contributed by atoms with van der Waals surface area (Å²) < 4.78 is 0. The number of benzene rings is 2. The molecule has 2 aromatic rings. The lowest BCUT2D eigenvalue weighted by atomic mass is 10.1. The van der Waals surface area contributed by atoms with E-state index < -0.39 is 0 Å². The van der Waals surface area contributed by atoms with E-state index in [1.807, 2.05) is 48.5 Å². The molecule has 102 valence electrons. The number of hydrogen-bond donors (Lipinski definition) is 2. The van der Waals surface area contributed by atoms with Gasteiger partial charge in [-0.25, -0.2) is 0 Å². The Morgan fingerprint density at radius 2 is 1.80 bits per heavy atom. The summed E-state index contributed by atoms with van der Waals surface area (Å²) in [6, 6.07) is 15.3. The number of nitrogens with one attached hydrogen (secondary N) is 2. The van der Waals surface area contributed by atoms with Gasteiger partial charge in [0, 0.05) is 16.5 Å². The van der Waals surface area contributed by atoms with Crippen LogP contribution in [0, 0.1) is 0 Å². The molecule has 0 aliphatic carbocycles. The monoisotopic (exact) mass is 304 g/mol. The quantitative estimate of drug-likeness (QED) is 0.908. The fraction of sp³-hybridized carbons (Fsp3) is 0.133. The minimum Gasteiger partial charge on any atom is -0.356 e. The number of anilines is 1. The van der Waals surface area contributed by atoms with Crippen LogP contribution in [-0.4, -0.2) is 11.4 Å². The molecule has 0 radical (unpaired) electrons. The van der Waals surface area contributed by atoms with Crippen LogP contribution in [0.3, 0.4) is 0 Å². The first-order valence-electron chi connectivity index (χ1n) is 6.25. The average Bonchev–Trinajstić information content (AvgIpc) is 2.47. The summed E-state index contributed by atoms with van der Waals surface area (Å²) in [6.07, 6.45) is 0. The predicted octanol–water partition coefficient (Wildman–Crippen LogP) is 3.71. The maximum atomic E-state index is 12.0. The highest BCUT2D eigenvalue weighted by atomic mass is 35.5. The zero-order chi connectivity index (χ0) is 13.9. The zero-order valence-electron chi connectivity index (χ0n) is 10.6. The molecule has 2 N–H and O–H groups in total. The van der Waals surface area contributed by atoms with Crippen molar-refractivity contribution in [3.63, 3.8) is 0 Å². The van der Waals surface area contributed by atoms with Crippen LogP contribution in [-0.2, 0) is 5.75 Å². The summed E-state index contributed by atoms with van der Waals surface area (Å²) in [5.74, 6) is 0.769. The molecule has 5 heteroatoms. The number of fused-ring (bicyclic) bond motifs is 1. The van der Waals surface area contributed by atoms with E-state index in [0.717, 1.165) is 16.5 Å². The van der Waals surface area contributed by atoms with Gasteiger partial charge in [0.1, 0.15) is 5.50 Å². The number of carbonyl (C=O) groups excluding carboxylic acids is 1. The summed E-state index contributed by atoms with van der Waals surface area (Å²) in [5.41, 5.74) is 2.63. The summed E-state index contributed by atoms with van der Waals surface area (Å²) in [7, 11) is 0. The maximum absolute atomic E-state index is 12.0. The van der Waals surface area contributed by atoms with Crippen LogP contribution in [0.5, 0.6) is 0 Å². The van der Waals surface area contributed by atoms with Crippen LogP contribution in [0.25, 0.3) is 0 Å². The first-order valence-corrected chi connectivity index (χ1v) is 7.67. The van der Waals surface area contributed by atoms with Gasteiger partial charge in [-0.05, 0) is 29.8 Å². The van der Waals surface area contributed by atoms with E-state index in [-0.39, 0.29) is 11.4 Å². The molecule has 0 spiro atoms. The number of rotatable bonds is 3. The molecule has 0 saturated carbocycles. The Hall–Kier alpha value is -1.65. The SMILES string of the molecule is O=C1N[C@@H](SCc2ccc(Cl)cc2)Nc2ccccc21. The molecule has 0 fully saturated rings. The number of amides is 1. The number of hydrogen-bond acceptors (Lipinski definition) is 3. The van der Waals surface area contributed by atoms with Crippen molar-refractivity contribution >= 4 is 35.0 Å². The molecule has 3 rings (SSSR count). The van der Waals surface area contributed by atoms with Crippen molar-refractivity contribution in [1.29, 1.82) is 0 Å². The molecule has 0 bridgehead atoms. The van der Waals surface area contributed by atoms with Gasteiger partial charge >= 0.3 is 0 Å². The third-order valence-electron chi connectivity index (χ3n) is 3.05. The molecule has 0 saturated heterocycles. The molecular weight excluding hydrogens is 292 g/mol. The molecular formula is C15H13ClN2OS. The highest BCUT2D eigenvalue weighted by Gasteiger charge is 2.22. The Kier molecular flexibility index (Phi) is 3.85. The first-order chi connectivity index (χ1) is 9.72. The van der Waals surface area contributed by atoms with Crippen molar-refractivity contribution in [1.82, 2.24) is 5.32 Å². The molecule has 0 aromatic heterocycles. The van der Waals surface area contributed by atoms with Crippen molar-refractivity contribution in [3.05, 3.63) is 64.7 Å². The molecule has 3 nitrogen and oxygen atoms in total. The molecule has 1 aliphatic rings. The van der Waals surface area contributed by atoms with Crippen LogP contribution < -0.4 is 10.6 Å². The topological polar surface area (TPSA) is 41.1 Å². The third-order valence-corrected chi connectivity index (χ3v) is 4.37. The van der Waals surface area contributed by atoms with Gasteiger partial charge < -0.3 is 10.6 Å². The largest absolute Gasteiger partial charge is 0.356 e. The molecule has 2 aromatic carbocycles. The molecule has 1 heterocycles. The summed E-state index contributed by atoms with van der Waals surface area (Å²) in [6.45, 7) is 0. The van der Waals surface area contributed by atoms with Crippen molar-refractivity contribution in [2.75, 3.05) is 5.32 Å². The normalized spacial score (nSPS) is 17.1. The Morgan fingerprint density at radius 1 is 1.05 bits per heavy atom.